The number of aromatic nitrogens is 1. The summed E-state index contributed by atoms with van der Waals surface area (Å²) in [7, 11) is 1.62. The molecule has 1 aromatic heterocycles. The number of benzene rings is 1. The second-order valence-corrected chi connectivity index (χ2v) is 8.35. The van der Waals surface area contributed by atoms with E-state index in [2.05, 4.69) is 5.32 Å². The molecule has 0 radical (unpaired) electrons. The van der Waals surface area contributed by atoms with Crippen molar-refractivity contribution in [2.45, 2.75) is 38.1 Å². The molecule has 6 nitrogen and oxygen atoms in total. The SMILES string of the molecule is COc1ccc(C(=O)N2CCC(c3nc(CNC(=O)C4CC4)cs3)CC2)cc1. The molecule has 2 heterocycles. The van der Waals surface area contributed by atoms with Crippen molar-refractivity contribution in [3.8, 4) is 5.75 Å². The van der Waals surface area contributed by atoms with E-state index in [0.717, 1.165) is 55.2 Å². The third-order valence-electron chi connectivity index (χ3n) is 5.43. The molecule has 2 fully saturated rings. The van der Waals surface area contributed by atoms with E-state index in [1.807, 2.05) is 34.5 Å². The van der Waals surface area contributed by atoms with Gasteiger partial charge in [0.2, 0.25) is 5.91 Å². The van der Waals surface area contributed by atoms with Crippen LogP contribution >= 0.6 is 11.3 Å². The van der Waals surface area contributed by atoms with Gasteiger partial charge in [-0.25, -0.2) is 4.98 Å². The van der Waals surface area contributed by atoms with Crippen molar-refractivity contribution >= 4 is 23.2 Å². The summed E-state index contributed by atoms with van der Waals surface area (Å²) in [5, 5.41) is 6.13. The summed E-state index contributed by atoms with van der Waals surface area (Å²) >= 11 is 1.66. The van der Waals surface area contributed by atoms with Crippen LogP contribution in [0.15, 0.2) is 29.6 Å². The fourth-order valence-corrected chi connectivity index (χ4v) is 4.50. The van der Waals surface area contributed by atoms with E-state index in [1.54, 1.807) is 18.4 Å². The van der Waals surface area contributed by atoms with Gasteiger partial charge in [0.25, 0.3) is 5.91 Å². The molecule has 4 rings (SSSR count). The van der Waals surface area contributed by atoms with Gasteiger partial charge in [0.15, 0.2) is 0 Å². The Morgan fingerprint density at radius 2 is 1.89 bits per heavy atom. The van der Waals surface area contributed by atoms with Crippen LogP contribution in [-0.4, -0.2) is 41.9 Å². The van der Waals surface area contributed by atoms with Crippen molar-refractivity contribution in [1.29, 1.82) is 0 Å². The average molecular weight is 400 g/mol. The molecule has 7 heteroatoms. The molecule has 1 aromatic carbocycles. The number of hydrogen-bond donors (Lipinski definition) is 1. The number of likely N-dealkylation sites (tertiary alicyclic amines) is 1. The van der Waals surface area contributed by atoms with Gasteiger partial charge < -0.3 is 15.0 Å². The highest BCUT2D eigenvalue weighted by Gasteiger charge is 2.29. The number of amides is 2. The summed E-state index contributed by atoms with van der Waals surface area (Å²) in [4.78, 5) is 31.1. The zero-order valence-corrected chi connectivity index (χ0v) is 16.8. The van der Waals surface area contributed by atoms with Gasteiger partial charge in [-0.05, 0) is 49.9 Å². The number of nitrogens with zero attached hydrogens (tertiary/aromatic N) is 2. The summed E-state index contributed by atoms with van der Waals surface area (Å²) in [6.45, 7) is 1.99. The van der Waals surface area contributed by atoms with E-state index < -0.39 is 0 Å². The Hall–Kier alpha value is -2.41. The number of ether oxygens (including phenoxy) is 1. The number of methoxy groups -OCH3 is 1. The number of piperidine rings is 1. The molecule has 1 aliphatic carbocycles. The summed E-state index contributed by atoms with van der Waals surface area (Å²) in [6, 6.07) is 7.27. The van der Waals surface area contributed by atoms with Crippen LogP contribution in [0.3, 0.4) is 0 Å². The third-order valence-corrected chi connectivity index (χ3v) is 6.49. The van der Waals surface area contributed by atoms with Crippen LogP contribution in [0.4, 0.5) is 0 Å². The second-order valence-electron chi connectivity index (χ2n) is 7.46. The molecule has 148 valence electrons. The van der Waals surface area contributed by atoms with Crippen molar-refractivity contribution in [2.24, 2.45) is 5.92 Å². The van der Waals surface area contributed by atoms with Crippen molar-refractivity contribution in [3.05, 3.63) is 45.9 Å². The van der Waals surface area contributed by atoms with E-state index in [9.17, 15) is 9.59 Å². The molecule has 2 aromatic rings. The smallest absolute Gasteiger partial charge is 0.253 e. The minimum atomic E-state index is 0.0729. The monoisotopic (exact) mass is 399 g/mol. The number of thiazole rings is 1. The lowest BCUT2D eigenvalue weighted by molar-refractivity contribution is -0.122. The number of rotatable bonds is 6. The molecule has 1 saturated carbocycles. The van der Waals surface area contributed by atoms with Crippen molar-refractivity contribution in [2.75, 3.05) is 20.2 Å². The quantitative estimate of drug-likeness (QED) is 0.810. The van der Waals surface area contributed by atoms with Crippen LogP contribution < -0.4 is 10.1 Å². The first-order valence-electron chi connectivity index (χ1n) is 9.79. The number of carbonyl (C=O) groups excluding carboxylic acids is 2. The van der Waals surface area contributed by atoms with Crippen molar-refractivity contribution in [1.82, 2.24) is 15.2 Å². The van der Waals surface area contributed by atoms with Gasteiger partial charge in [-0.3, -0.25) is 9.59 Å². The third kappa shape index (κ3) is 4.35. The van der Waals surface area contributed by atoms with E-state index in [4.69, 9.17) is 9.72 Å². The van der Waals surface area contributed by atoms with Crippen LogP contribution in [-0.2, 0) is 11.3 Å². The first kappa shape index (κ1) is 18.9. The summed E-state index contributed by atoms with van der Waals surface area (Å²) in [5.41, 5.74) is 1.63. The highest BCUT2D eigenvalue weighted by Crippen LogP contribution is 2.31. The number of hydrogen-bond acceptors (Lipinski definition) is 5. The van der Waals surface area contributed by atoms with Crippen LogP contribution in [0.5, 0.6) is 5.75 Å². The first-order chi connectivity index (χ1) is 13.6. The maximum absolute atomic E-state index is 12.7. The fourth-order valence-electron chi connectivity index (χ4n) is 3.50. The summed E-state index contributed by atoms with van der Waals surface area (Å²) in [6.07, 6.45) is 3.87. The van der Waals surface area contributed by atoms with Crippen LogP contribution in [0, 0.1) is 5.92 Å². The fraction of sp³-hybridized carbons (Fsp3) is 0.476. The van der Waals surface area contributed by atoms with E-state index in [1.165, 1.54) is 0 Å². The molecule has 1 N–H and O–H groups in total. The molecular weight excluding hydrogens is 374 g/mol. The minimum Gasteiger partial charge on any atom is -0.497 e. The normalized spacial score (nSPS) is 17.4. The zero-order valence-electron chi connectivity index (χ0n) is 16.0. The Morgan fingerprint density at radius 3 is 2.54 bits per heavy atom. The lowest BCUT2D eigenvalue weighted by Crippen LogP contribution is -2.37. The maximum Gasteiger partial charge on any atom is 0.253 e. The molecule has 0 unspecified atom stereocenters. The Labute approximate surface area is 168 Å². The standard InChI is InChI=1S/C21H25N3O3S/c1-27-18-6-4-16(5-7-18)21(26)24-10-8-15(9-11-24)20-23-17(13-28-20)12-22-19(25)14-2-3-14/h4-7,13-15H,2-3,8-12H2,1H3,(H,22,25). The Bertz CT molecular complexity index is 837. The maximum atomic E-state index is 12.7. The van der Waals surface area contributed by atoms with Crippen LogP contribution in [0.1, 0.15) is 52.7 Å². The number of nitrogens with one attached hydrogen (secondary N) is 1. The minimum absolute atomic E-state index is 0.0729. The molecule has 0 bridgehead atoms. The molecule has 0 atom stereocenters. The van der Waals surface area contributed by atoms with Crippen LogP contribution in [0.25, 0.3) is 0 Å². The molecular formula is C21H25N3O3S. The van der Waals surface area contributed by atoms with Crippen molar-refractivity contribution < 1.29 is 14.3 Å². The topological polar surface area (TPSA) is 71.5 Å². The number of carbonyl (C=O) groups is 2. The lowest BCUT2D eigenvalue weighted by atomic mass is 9.97. The Balaban J connectivity index is 1.28. The van der Waals surface area contributed by atoms with Gasteiger partial charge in [-0.15, -0.1) is 11.3 Å². The first-order valence-corrected chi connectivity index (χ1v) is 10.7. The van der Waals surface area contributed by atoms with E-state index in [-0.39, 0.29) is 17.7 Å². The molecule has 2 amide bonds. The zero-order chi connectivity index (χ0) is 19.5. The molecule has 28 heavy (non-hydrogen) atoms. The summed E-state index contributed by atoms with van der Waals surface area (Å²) in [5.74, 6) is 1.59. The van der Waals surface area contributed by atoms with E-state index in [0.29, 0.717) is 18.0 Å². The van der Waals surface area contributed by atoms with Crippen LogP contribution in [0.2, 0.25) is 0 Å². The summed E-state index contributed by atoms with van der Waals surface area (Å²) < 4.78 is 5.15. The van der Waals surface area contributed by atoms with Gasteiger partial charge in [0.1, 0.15) is 5.75 Å². The predicted molar refractivity (Wildman–Crippen MR) is 108 cm³/mol. The highest BCUT2D eigenvalue weighted by atomic mass is 32.1. The Morgan fingerprint density at radius 1 is 1.18 bits per heavy atom. The van der Waals surface area contributed by atoms with E-state index >= 15 is 0 Å². The molecule has 1 saturated heterocycles. The molecule has 1 aliphatic heterocycles. The van der Waals surface area contributed by atoms with Gasteiger partial charge in [0, 0.05) is 35.9 Å². The lowest BCUT2D eigenvalue weighted by Gasteiger charge is -2.31. The molecule has 2 aliphatic rings. The average Bonchev–Trinajstić information content (AvgIpc) is 3.50. The van der Waals surface area contributed by atoms with Gasteiger partial charge >= 0.3 is 0 Å². The Kier molecular flexibility index (Phi) is 5.62. The van der Waals surface area contributed by atoms with Crippen molar-refractivity contribution in [3.63, 3.8) is 0 Å². The van der Waals surface area contributed by atoms with Gasteiger partial charge in [0.05, 0.1) is 24.4 Å². The second kappa shape index (κ2) is 8.31. The predicted octanol–water partition coefficient (Wildman–Crippen LogP) is 3.20. The van der Waals surface area contributed by atoms with Gasteiger partial charge in [-0.2, -0.15) is 0 Å². The largest absolute Gasteiger partial charge is 0.497 e. The van der Waals surface area contributed by atoms with Gasteiger partial charge in [-0.1, -0.05) is 0 Å². The molecule has 0 spiro atoms. The highest BCUT2D eigenvalue weighted by molar-refractivity contribution is 7.09.